The number of nitrogens with one attached hydrogen (secondary N) is 2. The van der Waals surface area contributed by atoms with Gasteiger partial charge in [0.15, 0.2) is 0 Å². The molecule has 8 rings (SSSR count). The Morgan fingerprint density at radius 3 is 2.36 bits per heavy atom. The van der Waals surface area contributed by atoms with Crippen molar-refractivity contribution in [3.63, 3.8) is 0 Å². The molecule has 1 unspecified atom stereocenters. The Kier molecular flexibility index (Phi) is 10.1. The molecular formula is C41H42F3N9O6. The normalized spacial score (nSPS) is 19.9. The van der Waals surface area contributed by atoms with Crippen LogP contribution in [0.4, 0.5) is 30.4 Å². The largest absolute Gasteiger partial charge is 0.416 e. The zero-order valence-electron chi connectivity index (χ0n) is 32.3. The van der Waals surface area contributed by atoms with E-state index < -0.39 is 47.5 Å². The number of nitrogen functional groups attached to an aromatic ring is 1. The third-order valence-electron chi connectivity index (χ3n) is 12.1. The number of nitrogens with two attached hydrogens (primary N) is 1. The van der Waals surface area contributed by atoms with Crippen LogP contribution >= 0.6 is 0 Å². The number of fused-ring (bicyclic) bond motifs is 2. The van der Waals surface area contributed by atoms with Gasteiger partial charge in [-0.15, -0.1) is 0 Å². The van der Waals surface area contributed by atoms with Gasteiger partial charge in [0.2, 0.25) is 17.7 Å². The Morgan fingerprint density at radius 1 is 0.932 bits per heavy atom. The van der Waals surface area contributed by atoms with E-state index in [9.17, 15) is 41.9 Å². The first-order chi connectivity index (χ1) is 28.1. The summed E-state index contributed by atoms with van der Waals surface area (Å²) in [7, 11) is 1.61. The maximum Gasteiger partial charge on any atom is 0.416 e. The summed E-state index contributed by atoms with van der Waals surface area (Å²) in [5.41, 5.74) is 6.89. The fourth-order valence-corrected chi connectivity index (χ4v) is 8.88. The Balaban J connectivity index is 0.920. The van der Waals surface area contributed by atoms with Crippen molar-refractivity contribution < 1.29 is 37.1 Å². The number of carbonyl (C=O) groups is 5. The fourth-order valence-electron chi connectivity index (χ4n) is 8.88. The molecule has 0 bridgehead atoms. The molecule has 2 aromatic carbocycles. The number of piperidine rings is 3. The molecule has 2 atom stereocenters. The number of hydrogen-bond donors (Lipinski definition) is 3. The van der Waals surface area contributed by atoms with E-state index in [1.54, 1.807) is 38.2 Å². The summed E-state index contributed by atoms with van der Waals surface area (Å²) in [5, 5.41) is 5.93. The average Bonchev–Trinajstić information content (AvgIpc) is 3.47. The number of nitrogens with zero attached hydrogens (tertiary/aromatic N) is 6. The number of anilines is 3. The SMILES string of the molecule is C[C@@H](Nc1ncnc2c1cc(C1CCN(C(=O)C3CCN(c4cccc5c4C(=O)N(C4CCC(=O)NC4=O)C5=O)CC3)CC1)c(=O)n2C)c1cc(N)cc(C(F)(F)F)c1. The van der Waals surface area contributed by atoms with Crippen LogP contribution in [0.1, 0.15) is 94.8 Å². The number of likely N-dealkylation sites (tertiary alicyclic amines) is 1. The van der Waals surface area contributed by atoms with Crippen LogP contribution in [0.15, 0.2) is 53.6 Å². The smallest absolute Gasteiger partial charge is 0.399 e. The molecular weight excluding hydrogens is 772 g/mol. The first kappa shape index (κ1) is 39.5. The second kappa shape index (κ2) is 15.1. The van der Waals surface area contributed by atoms with Gasteiger partial charge in [0.25, 0.3) is 17.4 Å². The van der Waals surface area contributed by atoms with Crippen molar-refractivity contribution in [2.24, 2.45) is 13.0 Å². The Bertz CT molecular complexity index is 2470. The molecule has 59 heavy (non-hydrogen) atoms. The predicted molar refractivity (Wildman–Crippen MR) is 209 cm³/mol. The molecule has 308 valence electrons. The first-order valence-corrected chi connectivity index (χ1v) is 19.6. The van der Waals surface area contributed by atoms with Crippen LogP contribution < -0.4 is 26.8 Å². The lowest BCUT2D eigenvalue weighted by Gasteiger charge is -2.38. The molecule has 15 nitrogen and oxygen atoms in total. The number of aryl methyl sites for hydroxylation is 1. The molecule has 0 spiro atoms. The van der Waals surface area contributed by atoms with E-state index in [1.165, 1.54) is 17.0 Å². The highest BCUT2D eigenvalue weighted by atomic mass is 19.4. The Labute approximate surface area is 335 Å². The summed E-state index contributed by atoms with van der Waals surface area (Å²) < 4.78 is 42.0. The third-order valence-corrected chi connectivity index (χ3v) is 12.1. The molecule has 6 heterocycles. The van der Waals surface area contributed by atoms with Gasteiger partial charge in [0.1, 0.15) is 23.8 Å². The fraction of sp³-hybridized carbons (Fsp3) is 0.415. The van der Waals surface area contributed by atoms with Gasteiger partial charge in [-0.1, -0.05) is 6.07 Å². The molecule has 4 aliphatic rings. The van der Waals surface area contributed by atoms with Crippen molar-refractivity contribution in [1.82, 2.24) is 29.7 Å². The van der Waals surface area contributed by atoms with Crippen molar-refractivity contribution in [2.45, 2.75) is 69.6 Å². The highest BCUT2D eigenvalue weighted by Gasteiger charge is 2.46. The summed E-state index contributed by atoms with van der Waals surface area (Å²) >= 11 is 0. The minimum Gasteiger partial charge on any atom is -0.399 e. The van der Waals surface area contributed by atoms with Crippen molar-refractivity contribution in [1.29, 1.82) is 0 Å². The molecule has 0 radical (unpaired) electrons. The zero-order chi connectivity index (χ0) is 41.9. The predicted octanol–water partition coefficient (Wildman–Crippen LogP) is 4.13. The van der Waals surface area contributed by atoms with Gasteiger partial charge in [-0.3, -0.25) is 43.6 Å². The summed E-state index contributed by atoms with van der Waals surface area (Å²) in [4.78, 5) is 92.2. The summed E-state index contributed by atoms with van der Waals surface area (Å²) in [6.45, 7) is 3.50. The molecule has 2 aromatic heterocycles. The lowest BCUT2D eigenvalue weighted by molar-refractivity contribution is -0.138. The molecule has 4 N–H and O–H groups in total. The summed E-state index contributed by atoms with van der Waals surface area (Å²) in [5.74, 6) is -2.33. The quantitative estimate of drug-likeness (QED) is 0.180. The van der Waals surface area contributed by atoms with Gasteiger partial charge < -0.3 is 20.9 Å². The molecule has 0 saturated carbocycles. The van der Waals surface area contributed by atoms with Crippen LogP contribution in [0.2, 0.25) is 0 Å². The maximum absolute atomic E-state index is 13.8. The van der Waals surface area contributed by atoms with Crippen LogP contribution in [-0.4, -0.2) is 86.1 Å². The lowest BCUT2D eigenvalue weighted by atomic mass is 9.88. The topological polar surface area (TPSA) is 193 Å². The standard InChI is InChI=1S/C41H42F3N9O6/c1-21(24-16-25(41(42,43)44)18-26(45)17-24)48-34-29-19-28(38(57)50(2)35(29)47-20-46-34)22-8-14-52(15-9-22)37(56)23-10-12-51(13-11-23)30-5-3-4-27-33(30)40(59)53(39(27)58)31-6-7-32(54)49-36(31)55/h3-5,16-23,31H,6-15,45H2,1-2H3,(H,46,47,48)(H,49,54,55)/t21-,31?/m1/s1. The number of benzene rings is 2. The molecule has 0 aliphatic carbocycles. The van der Waals surface area contributed by atoms with E-state index in [0.717, 1.165) is 17.0 Å². The second-order valence-corrected chi connectivity index (χ2v) is 15.7. The maximum atomic E-state index is 13.8. The number of rotatable bonds is 7. The zero-order valence-corrected chi connectivity index (χ0v) is 32.3. The van der Waals surface area contributed by atoms with Crippen LogP contribution in [0, 0.1) is 5.92 Å². The van der Waals surface area contributed by atoms with E-state index in [4.69, 9.17) is 5.73 Å². The number of imide groups is 2. The summed E-state index contributed by atoms with van der Waals surface area (Å²) in [6.07, 6.45) is -1.07. The van der Waals surface area contributed by atoms with Gasteiger partial charge in [-0.05, 0) is 86.9 Å². The van der Waals surface area contributed by atoms with Crippen molar-refractivity contribution >= 4 is 57.8 Å². The highest BCUT2D eigenvalue weighted by molar-refractivity contribution is 6.25. The van der Waals surface area contributed by atoms with E-state index >= 15 is 0 Å². The monoisotopic (exact) mass is 813 g/mol. The average molecular weight is 814 g/mol. The number of amides is 5. The van der Waals surface area contributed by atoms with Gasteiger partial charge in [-0.25, -0.2) is 9.97 Å². The molecule has 3 fully saturated rings. The minimum atomic E-state index is -4.57. The summed E-state index contributed by atoms with van der Waals surface area (Å²) in [6, 6.07) is 8.46. The Hall–Kier alpha value is -6.33. The molecule has 18 heteroatoms. The third kappa shape index (κ3) is 7.24. The van der Waals surface area contributed by atoms with Crippen molar-refractivity contribution in [3.8, 4) is 0 Å². The molecule has 3 saturated heterocycles. The number of pyridine rings is 1. The first-order valence-electron chi connectivity index (χ1n) is 19.6. The van der Waals surface area contributed by atoms with Gasteiger partial charge in [0.05, 0.1) is 33.8 Å². The van der Waals surface area contributed by atoms with Gasteiger partial charge in [0, 0.05) is 56.8 Å². The van der Waals surface area contributed by atoms with E-state index in [1.807, 2.05) is 9.80 Å². The van der Waals surface area contributed by atoms with Crippen LogP contribution in [-0.2, 0) is 27.6 Å². The van der Waals surface area contributed by atoms with E-state index in [0.29, 0.717) is 85.5 Å². The van der Waals surface area contributed by atoms with E-state index in [-0.39, 0.29) is 53.0 Å². The number of halogens is 3. The molecule has 4 aliphatic heterocycles. The van der Waals surface area contributed by atoms with Crippen molar-refractivity contribution in [2.75, 3.05) is 42.1 Å². The lowest BCUT2D eigenvalue weighted by Crippen LogP contribution is -2.54. The van der Waals surface area contributed by atoms with Crippen LogP contribution in [0.25, 0.3) is 11.0 Å². The number of aromatic nitrogens is 3. The van der Waals surface area contributed by atoms with E-state index in [2.05, 4.69) is 20.6 Å². The highest BCUT2D eigenvalue weighted by Crippen LogP contribution is 2.38. The van der Waals surface area contributed by atoms with Crippen LogP contribution in [0.5, 0.6) is 0 Å². The van der Waals surface area contributed by atoms with Gasteiger partial charge >= 0.3 is 6.18 Å². The molecule has 4 aromatic rings. The number of alkyl halides is 3. The molecule has 5 amide bonds. The number of hydrogen-bond acceptors (Lipinski definition) is 11. The Morgan fingerprint density at radius 2 is 1.66 bits per heavy atom. The number of carbonyl (C=O) groups excluding carboxylic acids is 5. The minimum absolute atomic E-state index is 0.0206. The van der Waals surface area contributed by atoms with Gasteiger partial charge in [-0.2, -0.15) is 13.2 Å². The van der Waals surface area contributed by atoms with Crippen molar-refractivity contribution in [3.05, 3.63) is 87.0 Å². The second-order valence-electron chi connectivity index (χ2n) is 15.7. The van der Waals surface area contributed by atoms with Crippen LogP contribution in [0.3, 0.4) is 0 Å².